The highest BCUT2D eigenvalue weighted by Crippen LogP contribution is 2.30. The third-order valence-electron chi connectivity index (χ3n) is 2.43. The number of carbonyl (C=O) groups is 1. The molecule has 0 bridgehead atoms. The maximum Gasteiger partial charge on any atom is 0.330 e. The first-order chi connectivity index (χ1) is 8.02. The van der Waals surface area contributed by atoms with E-state index in [2.05, 4.69) is 0 Å². The number of nitrogens with zero attached hydrogens (tertiary/aromatic N) is 1. The largest absolute Gasteiger partial charge is 0.346 e. The molecule has 1 N–H and O–H groups in total. The van der Waals surface area contributed by atoms with Crippen molar-refractivity contribution in [2.45, 2.75) is 24.1 Å². The summed E-state index contributed by atoms with van der Waals surface area (Å²) in [7, 11) is 0. The summed E-state index contributed by atoms with van der Waals surface area (Å²) in [6.45, 7) is 0. The fraction of sp³-hybridized carbons (Fsp3) is 0.444. The number of rotatable bonds is 2. The van der Waals surface area contributed by atoms with Gasteiger partial charge in [-0.15, -0.1) is 11.6 Å². The van der Waals surface area contributed by atoms with Gasteiger partial charge in [-0.3, -0.25) is 14.3 Å². The van der Waals surface area contributed by atoms with Crippen LogP contribution >= 0.6 is 11.6 Å². The summed E-state index contributed by atoms with van der Waals surface area (Å²) in [6.07, 6.45) is -0.199. The van der Waals surface area contributed by atoms with Crippen molar-refractivity contribution in [2.24, 2.45) is 0 Å². The Bertz CT molecular complexity index is 555. The van der Waals surface area contributed by atoms with Crippen molar-refractivity contribution in [2.75, 3.05) is 0 Å². The molecule has 0 unspecified atom stereocenters. The molecule has 92 valence electrons. The van der Waals surface area contributed by atoms with E-state index in [4.69, 9.17) is 16.3 Å². The molecule has 3 atom stereocenters. The number of aldehydes is 1. The van der Waals surface area contributed by atoms with Crippen LogP contribution in [-0.2, 0) is 9.53 Å². The molecule has 0 saturated carbocycles. The second-order valence-electron chi connectivity index (χ2n) is 3.60. The second-order valence-corrected chi connectivity index (χ2v) is 4.16. The standard InChI is InChI=1S/C9H8ClFN2O4/c10-5-1-4(3-14)17-8(5)13-2-6(11)7(15)12-9(13)16/h2-5,8H,1H2,(H,12,15,16)/t4-,5-,8+/m0/s1. The Balaban J connectivity index is 2.41. The fourth-order valence-corrected chi connectivity index (χ4v) is 1.99. The van der Waals surface area contributed by atoms with Gasteiger partial charge in [0.05, 0.1) is 11.6 Å². The van der Waals surface area contributed by atoms with Crippen molar-refractivity contribution in [1.82, 2.24) is 9.55 Å². The lowest BCUT2D eigenvalue weighted by Crippen LogP contribution is -2.35. The Morgan fingerprint density at radius 3 is 2.88 bits per heavy atom. The van der Waals surface area contributed by atoms with Gasteiger partial charge in [0.1, 0.15) is 12.4 Å². The Morgan fingerprint density at radius 1 is 1.59 bits per heavy atom. The third-order valence-corrected chi connectivity index (χ3v) is 2.83. The average molecular weight is 263 g/mol. The number of hydrogen-bond acceptors (Lipinski definition) is 4. The maximum absolute atomic E-state index is 13.0. The molecule has 1 aliphatic rings. The molecule has 1 aromatic rings. The molecule has 0 amide bonds. The van der Waals surface area contributed by atoms with Gasteiger partial charge in [0, 0.05) is 6.42 Å². The molecule has 2 heterocycles. The van der Waals surface area contributed by atoms with Crippen molar-refractivity contribution < 1.29 is 13.9 Å². The van der Waals surface area contributed by atoms with E-state index in [1.807, 2.05) is 0 Å². The highest BCUT2D eigenvalue weighted by molar-refractivity contribution is 6.21. The van der Waals surface area contributed by atoms with Crippen LogP contribution in [0.25, 0.3) is 0 Å². The number of alkyl halides is 1. The molecule has 0 spiro atoms. The summed E-state index contributed by atoms with van der Waals surface area (Å²) in [5.41, 5.74) is -1.94. The van der Waals surface area contributed by atoms with Gasteiger partial charge in [0.25, 0.3) is 5.56 Å². The van der Waals surface area contributed by atoms with Crippen LogP contribution in [0.1, 0.15) is 12.6 Å². The van der Waals surface area contributed by atoms with Gasteiger partial charge in [-0.05, 0) is 0 Å². The maximum atomic E-state index is 13.0. The van der Waals surface area contributed by atoms with Crippen LogP contribution in [0.2, 0.25) is 0 Å². The molecule has 6 nitrogen and oxygen atoms in total. The smallest absolute Gasteiger partial charge is 0.330 e. The molecule has 8 heteroatoms. The second kappa shape index (κ2) is 4.42. The first kappa shape index (κ1) is 12.0. The molecular weight excluding hydrogens is 255 g/mol. The number of halogens is 2. The Labute approximate surface area is 99.0 Å². The number of hydrogen-bond donors (Lipinski definition) is 1. The molecule has 1 fully saturated rings. The fourth-order valence-electron chi connectivity index (χ4n) is 1.64. The summed E-state index contributed by atoms with van der Waals surface area (Å²) in [5, 5.41) is -0.645. The molecule has 1 aromatic heterocycles. The molecule has 1 aliphatic heterocycles. The molecule has 1 saturated heterocycles. The number of carbonyl (C=O) groups excluding carboxylic acids is 1. The van der Waals surface area contributed by atoms with E-state index in [-0.39, 0.29) is 6.42 Å². The normalized spacial score (nSPS) is 28.2. The molecule has 17 heavy (non-hydrogen) atoms. The van der Waals surface area contributed by atoms with E-state index in [0.717, 1.165) is 4.57 Å². The van der Waals surface area contributed by atoms with E-state index < -0.39 is 34.8 Å². The highest BCUT2D eigenvalue weighted by Gasteiger charge is 2.35. The lowest BCUT2D eigenvalue weighted by molar-refractivity contribution is -0.119. The van der Waals surface area contributed by atoms with Crippen LogP contribution in [-0.4, -0.2) is 27.3 Å². The van der Waals surface area contributed by atoms with E-state index >= 15 is 0 Å². The van der Waals surface area contributed by atoms with E-state index in [1.165, 1.54) is 0 Å². The Kier molecular flexibility index (Phi) is 3.12. The summed E-state index contributed by atoms with van der Waals surface area (Å²) in [4.78, 5) is 34.6. The quantitative estimate of drug-likeness (QED) is 0.590. The molecule has 0 radical (unpaired) electrons. The van der Waals surface area contributed by atoms with Crippen LogP contribution in [0.3, 0.4) is 0 Å². The Hall–Kier alpha value is -1.47. The first-order valence-electron chi connectivity index (χ1n) is 4.78. The number of nitrogens with one attached hydrogen (secondary N) is 1. The van der Waals surface area contributed by atoms with Crippen molar-refractivity contribution >= 4 is 17.9 Å². The topological polar surface area (TPSA) is 81.2 Å². The van der Waals surface area contributed by atoms with E-state index in [0.29, 0.717) is 12.5 Å². The van der Waals surface area contributed by atoms with Gasteiger partial charge in [-0.1, -0.05) is 0 Å². The predicted octanol–water partition coefficient (Wildman–Crippen LogP) is -0.231. The number of H-pyrrole nitrogens is 1. The van der Waals surface area contributed by atoms with Crippen LogP contribution < -0.4 is 11.2 Å². The van der Waals surface area contributed by atoms with Crippen molar-refractivity contribution in [3.05, 3.63) is 32.9 Å². The number of ether oxygens (including phenoxy) is 1. The van der Waals surface area contributed by atoms with E-state index in [9.17, 15) is 18.8 Å². The lowest BCUT2D eigenvalue weighted by atomic mass is 10.2. The van der Waals surface area contributed by atoms with Crippen LogP contribution in [0.4, 0.5) is 4.39 Å². The van der Waals surface area contributed by atoms with Crippen LogP contribution in [0.15, 0.2) is 15.8 Å². The van der Waals surface area contributed by atoms with Crippen molar-refractivity contribution in [3.8, 4) is 0 Å². The Morgan fingerprint density at radius 2 is 2.29 bits per heavy atom. The van der Waals surface area contributed by atoms with Crippen LogP contribution in [0.5, 0.6) is 0 Å². The number of aromatic amines is 1. The molecular formula is C9H8ClFN2O4. The molecule has 0 aliphatic carbocycles. The van der Waals surface area contributed by atoms with Gasteiger partial charge in [0.15, 0.2) is 6.23 Å². The zero-order chi connectivity index (χ0) is 12.6. The zero-order valence-electron chi connectivity index (χ0n) is 8.43. The first-order valence-corrected chi connectivity index (χ1v) is 5.22. The SMILES string of the molecule is O=C[C@@H]1C[C@H](Cl)[C@H](n2cc(F)c(=O)[nH]c2=O)O1. The minimum Gasteiger partial charge on any atom is -0.346 e. The van der Waals surface area contributed by atoms with Gasteiger partial charge in [0.2, 0.25) is 5.82 Å². The van der Waals surface area contributed by atoms with Crippen LogP contribution in [0, 0.1) is 5.82 Å². The summed E-state index contributed by atoms with van der Waals surface area (Å²) in [6, 6.07) is 0. The predicted molar refractivity (Wildman–Crippen MR) is 55.5 cm³/mol. The summed E-state index contributed by atoms with van der Waals surface area (Å²) in [5.74, 6) is -1.12. The van der Waals surface area contributed by atoms with Crippen molar-refractivity contribution in [3.63, 3.8) is 0 Å². The lowest BCUT2D eigenvalue weighted by Gasteiger charge is -2.15. The summed E-state index contributed by atoms with van der Waals surface area (Å²) < 4.78 is 19.0. The molecule has 2 rings (SSSR count). The van der Waals surface area contributed by atoms with Gasteiger partial charge in [-0.2, -0.15) is 4.39 Å². The average Bonchev–Trinajstić information content (AvgIpc) is 2.65. The monoisotopic (exact) mass is 262 g/mol. The summed E-state index contributed by atoms with van der Waals surface area (Å²) >= 11 is 5.89. The van der Waals surface area contributed by atoms with E-state index in [1.54, 1.807) is 4.98 Å². The van der Waals surface area contributed by atoms with Gasteiger partial charge in [-0.25, -0.2) is 4.79 Å². The highest BCUT2D eigenvalue weighted by atomic mass is 35.5. The number of aromatic nitrogens is 2. The molecule has 0 aromatic carbocycles. The van der Waals surface area contributed by atoms with Gasteiger partial charge < -0.3 is 9.53 Å². The third kappa shape index (κ3) is 2.16. The zero-order valence-corrected chi connectivity index (χ0v) is 9.19. The minimum atomic E-state index is -1.12. The van der Waals surface area contributed by atoms with Gasteiger partial charge >= 0.3 is 5.69 Å². The van der Waals surface area contributed by atoms with Crippen molar-refractivity contribution in [1.29, 1.82) is 0 Å². The minimum absolute atomic E-state index is 0.225.